The molecule has 0 N–H and O–H groups in total. The largest absolute Gasteiger partial charge is 0.179 e. The molecule has 17 heavy (non-hydrogen) atoms. The molecular formula is C11H24S6. The van der Waals surface area contributed by atoms with Crippen molar-refractivity contribution in [3.63, 3.8) is 0 Å². The van der Waals surface area contributed by atoms with Crippen LogP contribution in [0.15, 0.2) is 0 Å². The van der Waals surface area contributed by atoms with Crippen molar-refractivity contribution in [2.75, 3.05) is 40.3 Å². The summed E-state index contributed by atoms with van der Waals surface area (Å²) < 4.78 is 0. The summed E-state index contributed by atoms with van der Waals surface area (Å²) in [6.07, 6.45) is 1.26. The van der Waals surface area contributed by atoms with Crippen LogP contribution >= 0.6 is 73.2 Å². The molecule has 0 bridgehead atoms. The molecular weight excluding hydrogens is 325 g/mol. The van der Waals surface area contributed by atoms with Gasteiger partial charge in [0.2, 0.25) is 0 Å². The predicted octanol–water partition coefficient (Wildman–Crippen LogP) is 4.12. The summed E-state index contributed by atoms with van der Waals surface area (Å²) in [7, 11) is 0. The second-order valence-corrected chi connectivity index (χ2v) is 8.73. The van der Waals surface area contributed by atoms with Gasteiger partial charge in [0.25, 0.3) is 0 Å². The third-order valence-corrected chi connectivity index (χ3v) is 8.15. The fourth-order valence-electron chi connectivity index (χ4n) is 1.22. The van der Waals surface area contributed by atoms with Crippen molar-refractivity contribution in [3.8, 4) is 0 Å². The third-order valence-electron chi connectivity index (χ3n) is 2.12. The smallest absolute Gasteiger partial charge is 0.0229 e. The Morgan fingerprint density at radius 3 is 1.82 bits per heavy atom. The van der Waals surface area contributed by atoms with Gasteiger partial charge in [-0.25, -0.2) is 0 Å². The van der Waals surface area contributed by atoms with Crippen LogP contribution in [0.5, 0.6) is 0 Å². The van der Waals surface area contributed by atoms with E-state index >= 15 is 0 Å². The van der Waals surface area contributed by atoms with E-state index in [0.29, 0.717) is 5.25 Å². The summed E-state index contributed by atoms with van der Waals surface area (Å²) >= 11 is 19.1. The van der Waals surface area contributed by atoms with E-state index in [2.05, 4.69) is 56.6 Å². The van der Waals surface area contributed by atoms with E-state index < -0.39 is 0 Å². The molecule has 0 amide bonds. The Labute approximate surface area is 136 Å². The van der Waals surface area contributed by atoms with Gasteiger partial charge >= 0.3 is 0 Å². The molecule has 2 atom stereocenters. The Morgan fingerprint density at radius 2 is 1.41 bits per heavy atom. The molecule has 0 aromatic carbocycles. The van der Waals surface area contributed by atoms with Gasteiger partial charge in [-0.1, -0.05) is 6.92 Å². The second-order valence-electron chi connectivity index (χ2n) is 3.57. The first-order valence-electron chi connectivity index (χ1n) is 5.91. The maximum absolute atomic E-state index is 4.47. The van der Waals surface area contributed by atoms with E-state index in [1.54, 1.807) is 0 Å². The molecule has 0 aromatic rings. The van der Waals surface area contributed by atoms with E-state index in [1.807, 2.05) is 23.5 Å². The molecule has 0 saturated heterocycles. The van der Waals surface area contributed by atoms with Crippen molar-refractivity contribution in [3.05, 3.63) is 0 Å². The molecule has 2 unspecified atom stereocenters. The monoisotopic (exact) mass is 348 g/mol. The van der Waals surface area contributed by atoms with Crippen LogP contribution in [0.2, 0.25) is 0 Å². The molecule has 0 aromatic heterocycles. The average Bonchev–Trinajstić information content (AvgIpc) is 2.36. The Kier molecular flexibility index (Phi) is 16.3. The van der Waals surface area contributed by atoms with Gasteiger partial charge in [0.15, 0.2) is 0 Å². The van der Waals surface area contributed by atoms with Gasteiger partial charge in [-0.05, 0) is 17.9 Å². The number of hydrogen-bond acceptors (Lipinski definition) is 6. The quantitative estimate of drug-likeness (QED) is 0.359. The molecule has 0 fully saturated rings. The summed E-state index contributed by atoms with van der Waals surface area (Å²) in [6.45, 7) is 2.29. The average molecular weight is 349 g/mol. The molecule has 0 heterocycles. The van der Waals surface area contributed by atoms with Crippen LogP contribution in [-0.4, -0.2) is 50.8 Å². The van der Waals surface area contributed by atoms with Crippen LogP contribution in [0.3, 0.4) is 0 Å². The Morgan fingerprint density at radius 1 is 0.882 bits per heavy atom. The lowest BCUT2D eigenvalue weighted by Gasteiger charge is -2.20. The zero-order valence-corrected chi connectivity index (χ0v) is 15.5. The maximum Gasteiger partial charge on any atom is 0.0229 e. The van der Waals surface area contributed by atoms with E-state index in [1.165, 1.54) is 23.7 Å². The maximum atomic E-state index is 4.47. The van der Waals surface area contributed by atoms with Gasteiger partial charge in [-0.15, -0.1) is 0 Å². The molecule has 0 nitrogen and oxygen atoms in total. The van der Waals surface area contributed by atoms with Crippen LogP contribution in [0.1, 0.15) is 13.3 Å². The first-order chi connectivity index (χ1) is 8.28. The SMILES string of the molecule is CCC(CSCCS)SC(CS)CSCCS. The molecule has 0 radical (unpaired) electrons. The lowest BCUT2D eigenvalue weighted by Crippen LogP contribution is -2.17. The lowest BCUT2D eigenvalue weighted by molar-refractivity contribution is 0.908. The topological polar surface area (TPSA) is 0 Å². The third kappa shape index (κ3) is 11.6. The summed E-state index contributed by atoms with van der Waals surface area (Å²) in [5, 5.41) is 1.46. The van der Waals surface area contributed by atoms with Crippen LogP contribution in [-0.2, 0) is 0 Å². The molecule has 0 aliphatic heterocycles. The van der Waals surface area contributed by atoms with Crippen LogP contribution in [0, 0.1) is 0 Å². The highest BCUT2D eigenvalue weighted by molar-refractivity contribution is 8.06. The fourth-order valence-corrected chi connectivity index (χ4v) is 6.06. The minimum Gasteiger partial charge on any atom is -0.179 e. The van der Waals surface area contributed by atoms with Crippen molar-refractivity contribution >= 4 is 73.2 Å². The summed E-state index contributed by atoms with van der Waals surface area (Å²) in [5.41, 5.74) is 0. The van der Waals surface area contributed by atoms with Crippen molar-refractivity contribution < 1.29 is 0 Å². The minimum atomic E-state index is 0.685. The molecule has 0 spiro atoms. The summed E-state index contributed by atoms with van der Waals surface area (Å²) in [5.74, 6) is 7.73. The Balaban J connectivity index is 3.77. The number of thiol groups is 3. The van der Waals surface area contributed by atoms with E-state index in [-0.39, 0.29) is 0 Å². The first-order valence-corrected chi connectivity index (χ1v) is 11.1. The van der Waals surface area contributed by atoms with Crippen LogP contribution in [0.4, 0.5) is 0 Å². The zero-order valence-electron chi connectivity index (χ0n) is 10.4. The molecule has 0 aliphatic rings. The molecule has 0 rings (SSSR count). The van der Waals surface area contributed by atoms with Crippen molar-refractivity contribution in [2.24, 2.45) is 0 Å². The van der Waals surface area contributed by atoms with Gasteiger partial charge < -0.3 is 0 Å². The van der Waals surface area contributed by atoms with Crippen LogP contribution < -0.4 is 0 Å². The molecule has 0 aliphatic carbocycles. The van der Waals surface area contributed by atoms with Gasteiger partial charge in [-0.3, -0.25) is 0 Å². The Bertz CT molecular complexity index is 139. The van der Waals surface area contributed by atoms with E-state index in [4.69, 9.17) is 0 Å². The zero-order chi connectivity index (χ0) is 12.9. The second kappa shape index (κ2) is 14.5. The van der Waals surface area contributed by atoms with Crippen molar-refractivity contribution in [2.45, 2.75) is 23.8 Å². The number of hydrogen-bond donors (Lipinski definition) is 3. The Hall–Kier alpha value is 2.10. The highest BCUT2D eigenvalue weighted by atomic mass is 32.2. The highest BCUT2D eigenvalue weighted by Gasteiger charge is 2.14. The van der Waals surface area contributed by atoms with Gasteiger partial charge in [0.1, 0.15) is 0 Å². The predicted molar refractivity (Wildman–Crippen MR) is 102 cm³/mol. The van der Waals surface area contributed by atoms with E-state index in [9.17, 15) is 0 Å². The highest BCUT2D eigenvalue weighted by Crippen LogP contribution is 2.27. The van der Waals surface area contributed by atoms with E-state index in [0.717, 1.165) is 28.3 Å². The number of rotatable bonds is 12. The van der Waals surface area contributed by atoms with Crippen molar-refractivity contribution in [1.29, 1.82) is 0 Å². The number of thioether (sulfide) groups is 3. The standard InChI is InChI=1S/C11H24S6/c1-2-10(8-15-5-3-12)17-11(7-14)9-16-6-4-13/h10-14H,2-9H2,1H3. The minimum absolute atomic E-state index is 0.685. The normalized spacial score (nSPS) is 14.8. The fraction of sp³-hybridized carbons (Fsp3) is 1.00. The molecule has 6 heteroatoms. The lowest BCUT2D eigenvalue weighted by atomic mass is 10.4. The van der Waals surface area contributed by atoms with Crippen LogP contribution in [0.25, 0.3) is 0 Å². The van der Waals surface area contributed by atoms with Gasteiger partial charge in [-0.2, -0.15) is 73.2 Å². The van der Waals surface area contributed by atoms with Gasteiger partial charge in [0.05, 0.1) is 0 Å². The van der Waals surface area contributed by atoms with Gasteiger partial charge in [0, 0.05) is 39.3 Å². The van der Waals surface area contributed by atoms with Crippen molar-refractivity contribution in [1.82, 2.24) is 0 Å². The summed E-state index contributed by atoms with van der Waals surface area (Å²) in [6, 6.07) is 0. The molecule has 104 valence electrons. The first kappa shape index (κ1) is 19.1. The molecule has 0 saturated carbocycles. The summed E-state index contributed by atoms with van der Waals surface area (Å²) in [4.78, 5) is 0.